The monoisotopic (exact) mass is 300 g/mol. The molecule has 0 radical (unpaired) electrons. The molecule has 1 aromatic rings. The molecule has 1 aromatic carbocycles. The van der Waals surface area contributed by atoms with E-state index in [2.05, 4.69) is 10.2 Å². The summed E-state index contributed by atoms with van der Waals surface area (Å²) in [6, 6.07) is 4.45. The molecule has 0 amide bonds. The molecule has 5 heteroatoms. The molecular formula is C15H22ClFN2O. The van der Waals surface area contributed by atoms with Crippen LogP contribution in [0.25, 0.3) is 0 Å². The van der Waals surface area contributed by atoms with Gasteiger partial charge in [-0.25, -0.2) is 4.39 Å². The highest BCUT2D eigenvalue weighted by Crippen LogP contribution is 2.40. The molecule has 2 rings (SSSR count). The summed E-state index contributed by atoms with van der Waals surface area (Å²) in [4.78, 5) is 2.22. The third-order valence-electron chi connectivity index (χ3n) is 3.92. The van der Waals surface area contributed by atoms with Crippen LogP contribution in [0, 0.1) is 11.2 Å². The number of benzene rings is 1. The summed E-state index contributed by atoms with van der Waals surface area (Å²) in [6.07, 6.45) is 0. The Labute approximate surface area is 124 Å². The number of rotatable bonds is 4. The van der Waals surface area contributed by atoms with E-state index in [0.29, 0.717) is 10.6 Å². The Kier molecular flexibility index (Phi) is 5.02. The van der Waals surface area contributed by atoms with Gasteiger partial charge in [0, 0.05) is 54.8 Å². The normalized spacial score (nSPS) is 19.1. The molecule has 0 aromatic heterocycles. The van der Waals surface area contributed by atoms with E-state index in [9.17, 15) is 9.50 Å². The maximum absolute atomic E-state index is 14.3. The summed E-state index contributed by atoms with van der Waals surface area (Å²) < 4.78 is 14.3. The van der Waals surface area contributed by atoms with Gasteiger partial charge in [0.05, 0.1) is 0 Å². The molecule has 112 valence electrons. The van der Waals surface area contributed by atoms with Crippen molar-refractivity contribution in [2.75, 3.05) is 32.8 Å². The van der Waals surface area contributed by atoms with Crippen LogP contribution in [0.3, 0.4) is 0 Å². The second-order valence-electron chi connectivity index (χ2n) is 6.00. The van der Waals surface area contributed by atoms with Gasteiger partial charge in [0.15, 0.2) is 0 Å². The van der Waals surface area contributed by atoms with Crippen molar-refractivity contribution in [3.8, 4) is 0 Å². The highest BCUT2D eigenvalue weighted by molar-refractivity contribution is 6.30. The van der Waals surface area contributed by atoms with E-state index in [1.54, 1.807) is 12.1 Å². The number of halogens is 2. The fraction of sp³-hybridized carbons (Fsp3) is 0.600. The lowest BCUT2D eigenvalue weighted by Gasteiger charge is -2.43. The van der Waals surface area contributed by atoms with Crippen molar-refractivity contribution in [1.82, 2.24) is 10.2 Å². The molecule has 1 aliphatic heterocycles. The maximum Gasteiger partial charge on any atom is 0.128 e. The van der Waals surface area contributed by atoms with Gasteiger partial charge in [-0.05, 0) is 18.2 Å². The second kappa shape index (κ2) is 6.39. The molecule has 0 unspecified atom stereocenters. The number of hydrogen-bond donors (Lipinski definition) is 2. The molecular weight excluding hydrogens is 279 g/mol. The minimum absolute atomic E-state index is 0.00640. The van der Waals surface area contributed by atoms with Crippen LogP contribution in [0.15, 0.2) is 18.2 Å². The van der Waals surface area contributed by atoms with E-state index in [4.69, 9.17) is 11.6 Å². The average molecular weight is 301 g/mol. The van der Waals surface area contributed by atoms with Crippen LogP contribution < -0.4 is 5.32 Å². The number of aliphatic hydroxyl groups is 1. The third kappa shape index (κ3) is 3.31. The van der Waals surface area contributed by atoms with E-state index in [0.717, 1.165) is 26.2 Å². The van der Waals surface area contributed by atoms with E-state index in [-0.39, 0.29) is 18.5 Å². The maximum atomic E-state index is 14.3. The van der Waals surface area contributed by atoms with Crippen molar-refractivity contribution in [1.29, 1.82) is 0 Å². The van der Waals surface area contributed by atoms with Crippen molar-refractivity contribution < 1.29 is 9.50 Å². The van der Waals surface area contributed by atoms with Crippen LogP contribution in [-0.4, -0.2) is 42.8 Å². The quantitative estimate of drug-likeness (QED) is 0.896. The first-order valence-electron chi connectivity index (χ1n) is 6.96. The Hall–Kier alpha value is -0.680. The zero-order valence-corrected chi connectivity index (χ0v) is 12.8. The lowest BCUT2D eigenvalue weighted by Crippen LogP contribution is -2.49. The van der Waals surface area contributed by atoms with E-state index in [1.165, 1.54) is 6.07 Å². The van der Waals surface area contributed by atoms with Gasteiger partial charge in [-0.3, -0.25) is 4.90 Å². The van der Waals surface area contributed by atoms with Crippen molar-refractivity contribution in [3.05, 3.63) is 34.6 Å². The Bertz CT molecular complexity index is 461. The highest BCUT2D eigenvalue weighted by Gasteiger charge is 2.37. The fourth-order valence-corrected chi connectivity index (χ4v) is 3.04. The molecule has 1 atom stereocenters. The molecule has 2 N–H and O–H groups in total. The third-order valence-corrected chi connectivity index (χ3v) is 4.15. The molecule has 0 bridgehead atoms. The Morgan fingerprint density at radius 3 is 2.65 bits per heavy atom. The highest BCUT2D eigenvalue weighted by atomic mass is 35.5. The SMILES string of the molecule is CC(C)(CO)[C@H](c1cc(Cl)ccc1F)N1CCNCC1. The van der Waals surface area contributed by atoms with E-state index >= 15 is 0 Å². The molecule has 1 saturated heterocycles. The van der Waals surface area contributed by atoms with Crippen LogP contribution in [0.5, 0.6) is 0 Å². The van der Waals surface area contributed by atoms with Crippen LogP contribution >= 0.6 is 11.6 Å². The van der Waals surface area contributed by atoms with E-state index < -0.39 is 5.41 Å². The predicted octanol–water partition coefficient (Wildman–Crippen LogP) is 2.44. The molecule has 20 heavy (non-hydrogen) atoms. The Balaban J connectivity index is 2.42. The average Bonchev–Trinajstić information content (AvgIpc) is 2.44. The number of nitrogens with one attached hydrogen (secondary N) is 1. The van der Waals surface area contributed by atoms with Crippen LogP contribution in [0.4, 0.5) is 4.39 Å². The number of hydrogen-bond acceptors (Lipinski definition) is 3. The van der Waals surface area contributed by atoms with Crippen LogP contribution in [0.1, 0.15) is 25.5 Å². The van der Waals surface area contributed by atoms with Gasteiger partial charge in [-0.2, -0.15) is 0 Å². The molecule has 0 saturated carbocycles. The Morgan fingerprint density at radius 1 is 1.40 bits per heavy atom. The van der Waals surface area contributed by atoms with Crippen molar-refractivity contribution in [3.63, 3.8) is 0 Å². The Morgan fingerprint density at radius 2 is 2.05 bits per heavy atom. The summed E-state index contributed by atoms with van der Waals surface area (Å²) in [6.45, 7) is 7.33. The molecule has 0 spiro atoms. The summed E-state index contributed by atoms with van der Waals surface area (Å²) in [7, 11) is 0. The first-order chi connectivity index (χ1) is 9.45. The molecule has 0 aliphatic carbocycles. The lowest BCUT2D eigenvalue weighted by molar-refractivity contribution is 0.0286. The van der Waals surface area contributed by atoms with Gasteiger partial charge in [0.2, 0.25) is 0 Å². The van der Waals surface area contributed by atoms with Crippen LogP contribution in [0.2, 0.25) is 5.02 Å². The molecule has 1 fully saturated rings. The van der Waals surface area contributed by atoms with Crippen molar-refractivity contribution in [2.45, 2.75) is 19.9 Å². The zero-order valence-electron chi connectivity index (χ0n) is 12.0. The first-order valence-corrected chi connectivity index (χ1v) is 7.34. The van der Waals surface area contributed by atoms with Crippen molar-refractivity contribution in [2.24, 2.45) is 5.41 Å². The minimum Gasteiger partial charge on any atom is -0.396 e. The minimum atomic E-state index is -0.442. The second-order valence-corrected chi connectivity index (χ2v) is 6.44. The van der Waals surface area contributed by atoms with E-state index in [1.807, 2.05) is 13.8 Å². The summed E-state index contributed by atoms with van der Waals surface area (Å²) in [5, 5.41) is 13.5. The number of nitrogens with zero attached hydrogens (tertiary/aromatic N) is 1. The topological polar surface area (TPSA) is 35.5 Å². The first kappa shape index (κ1) is 15.7. The van der Waals surface area contributed by atoms with Crippen molar-refractivity contribution >= 4 is 11.6 Å². The molecule has 3 nitrogen and oxygen atoms in total. The largest absolute Gasteiger partial charge is 0.396 e. The van der Waals surface area contributed by atoms with Gasteiger partial charge in [0.1, 0.15) is 5.82 Å². The van der Waals surface area contributed by atoms with Gasteiger partial charge >= 0.3 is 0 Å². The zero-order chi connectivity index (χ0) is 14.8. The standard InChI is InChI=1S/C15H22ClFN2O/c1-15(2,10-20)14(19-7-5-18-6-8-19)12-9-11(16)3-4-13(12)17/h3-4,9,14,18,20H,5-8,10H2,1-2H3/t14-/m0/s1. The van der Waals surface area contributed by atoms with Crippen LogP contribution in [-0.2, 0) is 0 Å². The smallest absolute Gasteiger partial charge is 0.128 e. The van der Waals surface area contributed by atoms with Gasteiger partial charge < -0.3 is 10.4 Å². The predicted molar refractivity (Wildman–Crippen MR) is 79.5 cm³/mol. The fourth-order valence-electron chi connectivity index (χ4n) is 2.86. The van der Waals surface area contributed by atoms with Gasteiger partial charge in [-0.1, -0.05) is 25.4 Å². The number of piperazine rings is 1. The van der Waals surface area contributed by atoms with Gasteiger partial charge in [0.25, 0.3) is 0 Å². The molecule has 1 aliphatic rings. The van der Waals surface area contributed by atoms with Gasteiger partial charge in [-0.15, -0.1) is 0 Å². The molecule has 1 heterocycles. The summed E-state index contributed by atoms with van der Waals surface area (Å²) >= 11 is 6.03. The number of aliphatic hydroxyl groups excluding tert-OH is 1. The summed E-state index contributed by atoms with van der Waals surface area (Å²) in [5.74, 6) is -0.264. The lowest BCUT2D eigenvalue weighted by atomic mass is 9.79. The summed E-state index contributed by atoms with van der Waals surface area (Å²) in [5.41, 5.74) is 0.126.